The number of aliphatic hydroxyl groups excluding tert-OH is 1. The minimum absolute atomic E-state index is 0.0621. The van der Waals surface area contributed by atoms with Crippen LogP contribution in [0.25, 0.3) is 0 Å². The lowest BCUT2D eigenvalue weighted by atomic mass is 10.0. The molecule has 0 saturated carbocycles. The number of alkyl halides is 2. The number of benzene rings is 1. The number of carbonyl (C=O) groups excluding carboxylic acids is 1. The van der Waals surface area contributed by atoms with Gasteiger partial charge in [0.25, 0.3) is 0 Å². The summed E-state index contributed by atoms with van der Waals surface area (Å²) in [6.45, 7) is -0.215. The molecule has 0 bridgehead atoms. The topological polar surface area (TPSA) is 61.8 Å². The lowest BCUT2D eigenvalue weighted by Gasteiger charge is -2.35. The van der Waals surface area contributed by atoms with Crippen molar-refractivity contribution in [3.8, 4) is 5.75 Å². The smallest absolute Gasteiger partial charge is 0.387 e. The molecule has 7 heteroatoms. The molecule has 1 aromatic carbocycles. The van der Waals surface area contributed by atoms with E-state index in [1.807, 2.05) is 11.8 Å². The molecule has 0 aliphatic carbocycles. The summed E-state index contributed by atoms with van der Waals surface area (Å²) in [4.78, 5) is 14.0. The van der Waals surface area contributed by atoms with Crippen LogP contribution in [0.1, 0.15) is 19.8 Å². The van der Waals surface area contributed by atoms with E-state index in [4.69, 9.17) is 0 Å². The number of halogens is 2. The van der Waals surface area contributed by atoms with E-state index >= 15 is 0 Å². The molecule has 1 saturated heterocycles. The summed E-state index contributed by atoms with van der Waals surface area (Å²) in [7, 11) is 0. The van der Waals surface area contributed by atoms with Crippen LogP contribution in [0.3, 0.4) is 0 Å². The van der Waals surface area contributed by atoms with Crippen LogP contribution in [-0.2, 0) is 4.79 Å². The van der Waals surface area contributed by atoms with Crippen LogP contribution >= 0.6 is 0 Å². The Bertz CT molecular complexity index is 513. The fraction of sp³-hybridized carbons (Fsp3) is 0.533. The van der Waals surface area contributed by atoms with Gasteiger partial charge in [0, 0.05) is 12.6 Å². The molecule has 0 radical (unpaired) electrons. The van der Waals surface area contributed by atoms with Gasteiger partial charge in [-0.2, -0.15) is 8.78 Å². The van der Waals surface area contributed by atoms with Crippen molar-refractivity contribution in [1.29, 1.82) is 0 Å². The van der Waals surface area contributed by atoms with Crippen LogP contribution in [0.2, 0.25) is 0 Å². The van der Waals surface area contributed by atoms with Crippen molar-refractivity contribution in [2.75, 3.05) is 18.4 Å². The van der Waals surface area contributed by atoms with Gasteiger partial charge in [-0.05, 0) is 31.9 Å². The van der Waals surface area contributed by atoms with E-state index in [-0.39, 0.29) is 36.0 Å². The van der Waals surface area contributed by atoms with E-state index < -0.39 is 6.61 Å². The van der Waals surface area contributed by atoms with E-state index in [1.165, 1.54) is 12.1 Å². The molecule has 2 rings (SSSR count). The summed E-state index contributed by atoms with van der Waals surface area (Å²) < 4.78 is 29.0. The summed E-state index contributed by atoms with van der Waals surface area (Å²) in [6.07, 6.45) is 0.926. The standard InChI is InChI=1S/C15H20F2N2O3/c1-10-8-11(20)6-7-19(10)9-14(21)18-12-4-2-3-5-13(12)22-15(16)17/h2-5,10-11,15,20H,6-9H2,1H3,(H,18,21)/t10-,11-/m1/s1. The Morgan fingerprint density at radius 1 is 1.50 bits per heavy atom. The number of piperidine rings is 1. The molecule has 1 fully saturated rings. The maximum Gasteiger partial charge on any atom is 0.387 e. The number of carbonyl (C=O) groups is 1. The van der Waals surface area contributed by atoms with Crippen molar-refractivity contribution in [3.05, 3.63) is 24.3 Å². The highest BCUT2D eigenvalue weighted by Crippen LogP contribution is 2.25. The Morgan fingerprint density at radius 2 is 2.23 bits per heavy atom. The van der Waals surface area contributed by atoms with Crippen molar-refractivity contribution in [2.45, 2.75) is 38.5 Å². The fourth-order valence-electron chi connectivity index (χ4n) is 2.57. The first-order chi connectivity index (χ1) is 10.5. The number of anilines is 1. The Morgan fingerprint density at radius 3 is 2.91 bits per heavy atom. The summed E-state index contributed by atoms with van der Waals surface area (Å²) >= 11 is 0. The third-order valence-electron chi connectivity index (χ3n) is 3.71. The molecule has 0 spiro atoms. The minimum Gasteiger partial charge on any atom is -0.433 e. The second-order valence-corrected chi connectivity index (χ2v) is 5.42. The van der Waals surface area contributed by atoms with Gasteiger partial charge < -0.3 is 15.2 Å². The first-order valence-corrected chi connectivity index (χ1v) is 7.21. The zero-order chi connectivity index (χ0) is 16.1. The monoisotopic (exact) mass is 314 g/mol. The number of para-hydroxylation sites is 2. The first kappa shape index (κ1) is 16.6. The third kappa shape index (κ3) is 4.64. The molecule has 1 aliphatic heterocycles. The Balaban J connectivity index is 1.95. The van der Waals surface area contributed by atoms with Crippen molar-refractivity contribution in [3.63, 3.8) is 0 Å². The molecule has 0 unspecified atom stereocenters. The maximum absolute atomic E-state index is 12.3. The van der Waals surface area contributed by atoms with Crippen LogP contribution in [-0.4, -0.2) is 47.8 Å². The average Bonchev–Trinajstić information content (AvgIpc) is 2.43. The highest BCUT2D eigenvalue weighted by molar-refractivity contribution is 5.93. The highest BCUT2D eigenvalue weighted by atomic mass is 19.3. The normalized spacial score (nSPS) is 22.6. The third-order valence-corrected chi connectivity index (χ3v) is 3.71. The zero-order valence-corrected chi connectivity index (χ0v) is 12.3. The molecular formula is C15H20F2N2O3. The van der Waals surface area contributed by atoms with Crippen molar-refractivity contribution >= 4 is 11.6 Å². The zero-order valence-electron chi connectivity index (χ0n) is 12.3. The van der Waals surface area contributed by atoms with Crippen LogP contribution in [0, 0.1) is 0 Å². The van der Waals surface area contributed by atoms with E-state index in [9.17, 15) is 18.7 Å². The van der Waals surface area contributed by atoms with E-state index in [1.54, 1.807) is 12.1 Å². The molecule has 0 aromatic heterocycles. The molecule has 1 aliphatic rings. The lowest BCUT2D eigenvalue weighted by molar-refractivity contribution is -0.118. The van der Waals surface area contributed by atoms with E-state index in [0.717, 1.165) is 0 Å². The number of aliphatic hydroxyl groups is 1. The van der Waals surface area contributed by atoms with Crippen molar-refractivity contribution in [2.24, 2.45) is 0 Å². The minimum atomic E-state index is -2.94. The SMILES string of the molecule is C[C@@H]1C[C@H](O)CCN1CC(=O)Nc1ccccc1OC(F)F. The number of likely N-dealkylation sites (tertiary alicyclic amines) is 1. The number of rotatable bonds is 5. The summed E-state index contributed by atoms with van der Waals surface area (Å²) in [5.74, 6) is -0.360. The number of hydrogen-bond acceptors (Lipinski definition) is 4. The van der Waals surface area contributed by atoms with Crippen LogP contribution in [0.5, 0.6) is 5.75 Å². The predicted octanol–water partition coefficient (Wildman–Crippen LogP) is 2.07. The van der Waals surface area contributed by atoms with Gasteiger partial charge in [0.15, 0.2) is 0 Å². The summed E-state index contributed by atoms with van der Waals surface area (Å²) in [5.41, 5.74) is 0.220. The van der Waals surface area contributed by atoms with Gasteiger partial charge >= 0.3 is 6.61 Å². The Kier molecular flexibility index (Phi) is 5.68. The van der Waals surface area contributed by atoms with Crippen LogP contribution in [0.15, 0.2) is 24.3 Å². The van der Waals surface area contributed by atoms with Crippen molar-refractivity contribution < 1.29 is 23.4 Å². The highest BCUT2D eigenvalue weighted by Gasteiger charge is 2.25. The maximum atomic E-state index is 12.3. The molecular weight excluding hydrogens is 294 g/mol. The number of ether oxygens (including phenoxy) is 1. The molecule has 1 amide bonds. The summed E-state index contributed by atoms with van der Waals surface area (Å²) in [5, 5.41) is 12.2. The number of nitrogens with one attached hydrogen (secondary N) is 1. The average molecular weight is 314 g/mol. The quantitative estimate of drug-likeness (QED) is 0.873. The second kappa shape index (κ2) is 7.51. The lowest BCUT2D eigenvalue weighted by Crippen LogP contribution is -2.46. The molecule has 22 heavy (non-hydrogen) atoms. The molecule has 122 valence electrons. The molecule has 2 atom stereocenters. The number of nitrogens with zero attached hydrogens (tertiary/aromatic N) is 1. The molecule has 1 aromatic rings. The largest absolute Gasteiger partial charge is 0.433 e. The number of hydrogen-bond donors (Lipinski definition) is 2. The van der Waals surface area contributed by atoms with Gasteiger partial charge in [-0.25, -0.2) is 0 Å². The van der Waals surface area contributed by atoms with Gasteiger partial charge in [-0.15, -0.1) is 0 Å². The van der Waals surface area contributed by atoms with E-state index in [2.05, 4.69) is 10.1 Å². The van der Waals surface area contributed by atoms with Gasteiger partial charge in [0.05, 0.1) is 18.3 Å². The number of amides is 1. The molecule has 5 nitrogen and oxygen atoms in total. The second-order valence-electron chi connectivity index (χ2n) is 5.42. The van der Waals surface area contributed by atoms with Gasteiger partial charge in [-0.3, -0.25) is 9.69 Å². The Labute approximate surface area is 127 Å². The van der Waals surface area contributed by atoms with Crippen LogP contribution in [0.4, 0.5) is 14.5 Å². The summed E-state index contributed by atoms with van der Waals surface area (Å²) in [6, 6.07) is 6.18. The predicted molar refractivity (Wildman–Crippen MR) is 78.0 cm³/mol. The molecule has 1 heterocycles. The Hall–Kier alpha value is -1.73. The van der Waals surface area contributed by atoms with E-state index in [0.29, 0.717) is 19.4 Å². The first-order valence-electron chi connectivity index (χ1n) is 7.21. The van der Waals surface area contributed by atoms with Crippen LogP contribution < -0.4 is 10.1 Å². The van der Waals surface area contributed by atoms with Gasteiger partial charge in [0.2, 0.25) is 5.91 Å². The molecule has 2 N–H and O–H groups in total. The van der Waals surface area contributed by atoms with Gasteiger partial charge in [0.1, 0.15) is 5.75 Å². The fourth-order valence-corrected chi connectivity index (χ4v) is 2.57. The van der Waals surface area contributed by atoms with Crippen molar-refractivity contribution in [1.82, 2.24) is 4.90 Å². The van der Waals surface area contributed by atoms with Gasteiger partial charge in [-0.1, -0.05) is 12.1 Å².